The molecule has 0 amide bonds. The fourth-order valence-corrected chi connectivity index (χ4v) is 7.41. The van der Waals surface area contributed by atoms with Crippen LogP contribution in [0.3, 0.4) is 0 Å². The van der Waals surface area contributed by atoms with E-state index in [9.17, 15) is 34.8 Å². The van der Waals surface area contributed by atoms with Gasteiger partial charge in [-0.3, -0.25) is 0 Å². The minimum atomic E-state index is -2.00. The Hall–Kier alpha value is -3.33. The number of esters is 2. The van der Waals surface area contributed by atoms with Crippen LogP contribution in [0.2, 0.25) is 0 Å². The highest BCUT2D eigenvalue weighted by atomic mass is 16.6. The van der Waals surface area contributed by atoms with Gasteiger partial charge in [0.1, 0.15) is 18.3 Å². The van der Waals surface area contributed by atoms with Gasteiger partial charge in [-0.2, -0.15) is 0 Å². The summed E-state index contributed by atoms with van der Waals surface area (Å²) < 4.78 is 28.9. The maximum atomic E-state index is 13.7. The molecule has 0 aliphatic carbocycles. The van der Waals surface area contributed by atoms with Crippen molar-refractivity contribution in [1.82, 2.24) is 0 Å². The predicted molar refractivity (Wildman–Crippen MR) is 201 cm³/mol. The van der Waals surface area contributed by atoms with Crippen LogP contribution in [0.1, 0.15) is 81.6 Å². The van der Waals surface area contributed by atoms with Crippen molar-refractivity contribution in [2.45, 2.75) is 130 Å². The number of carbonyl (C=O) groups excluding carboxylic acids is 2. The number of hydrogen-bond acceptors (Lipinski definition) is 12. The number of carboxylic acid groups (broad SMARTS) is 1. The van der Waals surface area contributed by atoms with Gasteiger partial charge in [-0.25, -0.2) is 14.4 Å². The van der Waals surface area contributed by atoms with E-state index in [2.05, 4.69) is 0 Å². The van der Waals surface area contributed by atoms with Gasteiger partial charge < -0.3 is 49.2 Å². The summed E-state index contributed by atoms with van der Waals surface area (Å²) in [5, 5.41) is 55.2. The second-order valence-electron chi connectivity index (χ2n) is 15.2. The molecule has 0 unspecified atom stereocenters. The summed E-state index contributed by atoms with van der Waals surface area (Å²) in [5.74, 6) is -8.39. The van der Waals surface area contributed by atoms with Gasteiger partial charge in [0.25, 0.3) is 0 Å². The molecule has 2 rings (SSSR count). The van der Waals surface area contributed by atoms with Gasteiger partial charge in [0.2, 0.25) is 5.76 Å². The summed E-state index contributed by atoms with van der Waals surface area (Å²) >= 11 is 0. The third kappa shape index (κ3) is 12.6. The number of carboxylic acids is 1. The lowest BCUT2D eigenvalue weighted by molar-refractivity contribution is -0.319. The molecule has 306 valence electrons. The number of aliphatic hydroxyl groups excluding tert-OH is 3. The van der Waals surface area contributed by atoms with Gasteiger partial charge in [-0.05, 0) is 45.6 Å². The lowest BCUT2D eigenvalue weighted by Crippen LogP contribution is -2.58. The van der Waals surface area contributed by atoms with Gasteiger partial charge in [-0.1, -0.05) is 77.0 Å². The van der Waals surface area contributed by atoms with E-state index < -0.39 is 78.3 Å². The Morgan fingerprint density at radius 1 is 1.07 bits per heavy atom. The van der Waals surface area contributed by atoms with Crippen molar-refractivity contribution in [3.8, 4) is 0 Å². The number of aliphatic hydroxyl groups is 4. The molecular weight excluding hydrogens is 700 g/mol. The first-order valence-electron chi connectivity index (χ1n) is 18.8. The number of hydrogen-bond donors (Lipinski definition) is 5. The van der Waals surface area contributed by atoms with Crippen LogP contribution in [0, 0.1) is 35.5 Å². The molecule has 0 aromatic heterocycles. The number of allylic oxidation sites excluding steroid dienone is 5. The fourth-order valence-electron chi connectivity index (χ4n) is 7.41. The van der Waals surface area contributed by atoms with Crippen LogP contribution in [0.5, 0.6) is 0 Å². The minimum absolute atomic E-state index is 0.139. The van der Waals surface area contributed by atoms with Crippen molar-refractivity contribution in [3.63, 3.8) is 0 Å². The molecule has 0 saturated carbocycles. The Bertz CT molecular complexity index is 1410. The third-order valence-corrected chi connectivity index (χ3v) is 11.1. The summed E-state index contributed by atoms with van der Waals surface area (Å²) in [6, 6.07) is 0. The molecular formula is C41H64O13. The normalized spacial score (nSPS) is 38.8. The first-order chi connectivity index (χ1) is 25.2. The highest BCUT2D eigenvalue weighted by molar-refractivity contribution is 5.90. The van der Waals surface area contributed by atoms with Gasteiger partial charge in [0.05, 0.1) is 31.5 Å². The van der Waals surface area contributed by atoms with E-state index >= 15 is 0 Å². The molecule has 13 nitrogen and oxygen atoms in total. The van der Waals surface area contributed by atoms with Crippen molar-refractivity contribution >= 4 is 17.9 Å². The smallest absolute Gasteiger partial charge is 0.373 e. The SMILES string of the molecule is CC[C@H]1[C@@H](O)[C@H](C)C/C(C)=C/C=C/[C@H](OC)[C@@H]([C@@H](C)[C@@H](O)[C@H](C)[C@@]2(O)C[C@@H](OC(=O)/C=C/C(=O)O)[C@H](C)[C@@H](C)O2)OC(=O)/C(OC)=C/C(C)=C/[C@@H](C)[C@H]1O. The molecule has 0 bridgehead atoms. The molecule has 2 aliphatic heterocycles. The summed E-state index contributed by atoms with van der Waals surface area (Å²) in [4.78, 5) is 37.0. The van der Waals surface area contributed by atoms with Crippen LogP contribution in [0.25, 0.3) is 0 Å². The standard InChI is InChI=1S/C41H64O13/c1-12-30-36(45)24(4)18-22(2)14-13-15-31(50-10)39(53-40(48)32(51-11)20-23(3)19-25(5)37(30)46)27(7)38(47)28(8)41(49)21-33(26(6)29(9)54-41)52-35(44)17-16-34(42)43/h13-17,19-20,24-31,33,36-39,45-47,49H,12,18,21H2,1-11H3,(H,42,43)/b15-13+,17-16+,22-14+,23-19+,32-20-/t24-,25-,26-,27+,28+,29-,30+,31+,33-,36+,37-,38-,39-,41-/m1/s1. The first kappa shape index (κ1) is 46.8. The zero-order valence-corrected chi connectivity index (χ0v) is 33.7. The monoisotopic (exact) mass is 764 g/mol. The highest BCUT2D eigenvalue weighted by Crippen LogP contribution is 2.41. The maximum Gasteiger partial charge on any atom is 0.373 e. The lowest BCUT2D eigenvalue weighted by Gasteiger charge is -2.48. The molecule has 13 heteroatoms. The molecule has 5 N–H and O–H groups in total. The van der Waals surface area contributed by atoms with Crippen molar-refractivity contribution in [2.75, 3.05) is 14.2 Å². The van der Waals surface area contributed by atoms with Gasteiger partial charge >= 0.3 is 17.9 Å². The number of methoxy groups -OCH3 is 2. The fraction of sp³-hybridized carbons (Fsp3) is 0.683. The maximum absolute atomic E-state index is 13.7. The van der Waals surface area contributed by atoms with Gasteiger partial charge in [-0.15, -0.1) is 0 Å². The largest absolute Gasteiger partial charge is 0.490 e. The molecule has 54 heavy (non-hydrogen) atoms. The quantitative estimate of drug-likeness (QED) is 0.153. The molecule has 0 aromatic rings. The molecule has 14 atom stereocenters. The first-order valence-corrected chi connectivity index (χ1v) is 18.8. The Morgan fingerprint density at radius 2 is 1.72 bits per heavy atom. The molecule has 2 aliphatic rings. The molecule has 1 fully saturated rings. The number of rotatable bonds is 10. The van der Waals surface area contributed by atoms with E-state index in [1.165, 1.54) is 20.3 Å². The second kappa shape index (κ2) is 21.1. The Morgan fingerprint density at radius 3 is 2.30 bits per heavy atom. The van der Waals surface area contributed by atoms with E-state index in [0.29, 0.717) is 24.5 Å². The average Bonchev–Trinajstić information content (AvgIpc) is 3.11. The molecule has 2 heterocycles. The Labute approximate surface area is 320 Å². The van der Waals surface area contributed by atoms with Crippen molar-refractivity contribution in [1.29, 1.82) is 0 Å². The van der Waals surface area contributed by atoms with Gasteiger partial charge in [0, 0.05) is 55.3 Å². The van der Waals surface area contributed by atoms with E-state index in [1.54, 1.807) is 52.8 Å². The van der Waals surface area contributed by atoms with Crippen LogP contribution < -0.4 is 0 Å². The van der Waals surface area contributed by atoms with Crippen molar-refractivity contribution < 1.29 is 63.6 Å². The number of carbonyl (C=O) groups is 3. The summed E-state index contributed by atoms with van der Waals surface area (Å²) in [5.41, 5.74) is 1.57. The topological polar surface area (TPSA) is 199 Å². The number of ether oxygens (including phenoxy) is 5. The van der Waals surface area contributed by atoms with Crippen LogP contribution >= 0.6 is 0 Å². The van der Waals surface area contributed by atoms with E-state index in [4.69, 9.17) is 28.8 Å². The van der Waals surface area contributed by atoms with E-state index in [-0.39, 0.29) is 35.9 Å². The number of cyclic esters (lactones) is 1. The summed E-state index contributed by atoms with van der Waals surface area (Å²) in [6.45, 7) is 16.1. The predicted octanol–water partition coefficient (Wildman–Crippen LogP) is 4.64. The second-order valence-corrected chi connectivity index (χ2v) is 15.2. The van der Waals surface area contributed by atoms with Crippen molar-refractivity contribution in [2.24, 2.45) is 35.5 Å². The number of aliphatic carboxylic acids is 1. The molecule has 0 radical (unpaired) electrons. The summed E-state index contributed by atoms with van der Waals surface area (Å²) in [7, 11) is 2.76. The van der Waals surface area contributed by atoms with E-state index in [1.807, 2.05) is 33.8 Å². The van der Waals surface area contributed by atoms with Crippen LogP contribution in [-0.2, 0) is 38.1 Å². The van der Waals surface area contributed by atoms with Crippen LogP contribution in [-0.4, -0.2) is 106 Å². The lowest BCUT2D eigenvalue weighted by atomic mass is 9.77. The Balaban J connectivity index is 2.56. The minimum Gasteiger partial charge on any atom is -0.490 e. The molecule has 0 spiro atoms. The summed E-state index contributed by atoms with van der Waals surface area (Å²) in [6.07, 6.45) is 4.45. The third-order valence-electron chi connectivity index (χ3n) is 11.1. The van der Waals surface area contributed by atoms with Gasteiger partial charge in [0.15, 0.2) is 5.79 Å². The molecule has 0 aromatic carbocycles. The zero-order valence-electron chi connectivity index (χ0n) is 33.7. The average molecular weight is 765 g/mol. The zero-order chi connectivity index (χ0) is 41.1. The van der Waals surface area contributed by atoms with E-state index in [0.717, 1.165) is 11.6 Å². The highest BCUT2D eigenvalue weighted by Gasteiger charge is 2.51. The van der Waals surface area contributed by atoms with Crippen LogP contribution in [0.4, 0.5) is 0 Å². The molecule has 1 saturated heterocycles. The van der Waals surface area contributed by atoms with Crippen molar-refractivity contribution in [3.05, 3.63) is 59.4 Å². The Kier molecular flexibility index (Phi) is 18.3. The van der Waals surface area contributed by atoms with Crippen LogP contribution in [0.15, 0.2) is 59.4 Å².